The van der Waals surface area contributed by atoms with Crippen molar-refractivity contribution in [2.24, 2.45) is 5.10 Å². The number of hydrogen-bond acceptors (Lipinski definition) is 4. The van der Waals surface area contributed by atoms with Crippen LogP contribution in [0.5, 0.6) is 5.75 Å². The summed E-state index contributed by atoms with van der Waals surface area (Å²) in [5.74, 6) is 0.165. The van der Waals surface area contributed by atoms with Crippen molar-refractivity contribution in [3.63, 3.8) is 0 Å². The average molecular weight is 418 g/mol. The zero-order valence-electron chi connectivity index (χ0n) is 14.7. The maximum atomic E-state index is 12.1. The molecule has 2 rings (SSSR count). The lowest BCUT2D eigenvalue weighted by Crippen LogP contribution is -2.18. The smallest absolute Gasteiger partial charge is 0.271 e. The Bertz CT molecular complexity index is 817. The first-order valence-corrected chi connectivity index (χ1v) is 8.81. The lowest BCUT2D eigenvalue weighted by atomic mass is 10.2. The molecular weight excluding hydrogens is 398 g/mol. The Morgan fingerprint density at radius 1 is 1.15 bits per heavy atom. The van der Waals surface area contributed by atoms with Crippen LogP contribution in [0.2, 0.25) is 0 Å². The summed E-state index contributed by atoms with van der Waals surface area (Å²) in [6, 6.07) is 12.1. The Morgan fingerprint density at radius 2 is 1.85 bits per heavy atom. The molecule has 2 aromatic rings. The molecule has 136 valence electrons. The molecule has 0 aliphatic carbocycles. The first-order chi connectivity index (χ1) is 12.3. The van der Waals surface area contributed by atoms with E-state index in [-0.39, 0.29) is 17.9 Å². The zero-order valence-corrected chi connectivity index (χ0v) is 16.3. The minimum Gasteiger partial charge on any atom is -0.490 e. The first-order valence-electron chi connectivity index (χ1n) is 8.02. The lowest BCUT2D eigenvalue weighted by molar-refractivity contribution is -0.114. The van der Waals surface area contributed by atoms with Crippen LogP contribution in [0.25, 0.3) is 0 Å². The monoisotopic (exact) mass is 417 g/mol. The maximum absolute atomic E-state index is 12.1. The third-order valence-electron chi connectivity index (χ3n) is 3.17. The van der Waals surface area contributed by atoms with E-state index in [1.807, 2.05) is 32.0 Å². The standard InChI is InChI=1S/C19H20BrN3O3/c1-12(2)26-18-9-6-16(20)10-15(18)11-21-23-19(25)14-4-7-17(8-5-14)22-13(3)24/h4-12H,1-3H3,(H,22,24)(H,23,25). The third-order valence-corrected chi connectivity index (χ3v) is 3.66. The fourth-order valence-corrected chi connectivity index (χ4v) is 2.49. The number of nitrogens with one attached hydrogen (secondary N) is 2. The second-order valence-corrected chi connectivity index (χ2v) is 6.72. The maximum Gasteiger partial charge on any atom is 0.271 e. The number of hydrazone groups is 1. The van der Waals surface area contributed by atoms with Gasteiger partial charge in [-0.1, -0.05) is 15.9 Å². The summed E-state index contributed by atoms with van der Waals surface area (Å²) in [4.78, 5) is 23.1. The second-order valence-electron chi connectivity index (χ2n) is 5.81. The topological polar surface area (TPSA) is 79.8 Å². The Labute approximate surface area is 160 Å². The quantitative estimate of drug-likeness (QED) is 0.551. The predicted octanol–water partition coefficient (Wildman–Crippen LogP) is 3.96. The molecule has 2 amide bonds. The van der Waals surface area contributed by atoms with Crippen LogP contribution in [0.3, 0.4) is 0 Å². The van der Waals surface area contributed by atoms with Crippen molar-refractivity contribution in [3.05, 3.63) is 58.1 Å². The minimum absolute atomic E-state index is 0.0278. The number of hydrogen-bond donors (Lipinski definition) is 2. The zero-order chi connectivity index (χ0) is 19.1. The molecule has 0 saturated heterocycles. The van der Waals surface area contributed by atoms with Gasteiger partial charge >= 0.3 is 0 Å². The number of carbonyl (C=O) groups excluding carboxylic acids is 2. The normalized spacial score (nSPS) is 10.8. The number of nitrogens with zero attached hydrogens (tertiary/aromatic N) is 1. The molecule has 0 aliphatic heterocycles. The molecule has 0 aromatic heterocycles. The molecular formula is C19H20BrN3O3. The van der Waals surface area contributed by atoms with Crippen molar-refractivity contribution < 1.29 is 14.3 Å². The van der Waals surface area contributed by atoms with E-state index in [9.17, 15) is 9.59 Å². The van der Waals surface area contributed by atoms with Gasteiger partial charge in [-0.25, -0.2) is 5.43 Å². The number of amides is 2. The van der Waals surface area contributed by atoms with E-state index < -0.39 is 0 Å². The highest BCUT2D eigenvalue weighted by Gasteiger charge is 2.07. The Hall–Kier alpha value is -2.67. The van der Waals surface area contributed by atoms with Crippen LogP contribution >= 0.6 is 15.9 Å². The van der Waals surface area contributed by atoms with Crippen LogP contribution in [0, 0.1) is 0 Å². The van der Waals surface area contributed by atoms with Crippen molar-refractivity contribution in [3.8, 4) is 5.75 Å². The molecule has 26 heavy (non-hydrogen) atoms. The van der Waals surface area contributed by atoms with E-state index in [1.54, 1.807) is 24.3 Å². The lowest BCUT2D eigenvalue weighted by Gasteiger charge is -2.12. The van der Waals surface area contributed by atoms with Crippen LogP contribution in [0.4, 0.5) is 5.69 Å². The highest BCUT2D eigenvalue weighted by Crippen LogP contribution is 2.22. The van der Waals surface area contributed by atoms with Gasteiger partial charge in [-0.3, -0.25) is 9.59 Å². The number of benzene rings is 2. The van der Waals surface area contributed by atoms with Crippen LogP contribution in [-0.4, -0.2) is 24.1 Å². The highest BCUT2D eigenvalue weighted by molar-refractivity contribution is 9.10. The molecule has 2 aromatic carbocycles. The summed E-state index contributed by atoms with van der Waals surface area (Å²) in [5, 5.41) is 6.65. The number of anilines is 1. The fourth-order valence-electron chi connectivity index (χ4n) is 2.11. The van der Waals surface area contributed by atoms with E-state index in [0.29, 0.717) is 17.0 Å². The van der Waals surface area contributed by atoms with Crippen molar-refractivity contribution in [2.45, 2.75) is 26.9 Å². The van der Waals surface area contributed by atoms with E-state index in [1.165, 1.54) is 13.1 Å². The SMILES string of the molecule is CC(=O)Nc1ccc(C(=O)NN=Cc2cc(Br)ccc2OC(C)C)cc1. The van der Waals surface area contributed by atoms with Crippen LogP contribution in [-0.2, 0) is 4.79 Å². The number of carbonyl (C=O) groups is 2. The molecule has 0 aliphatic rings. The Morgan fingerprint density at radius 3 is 2.46 bits per heavy atom. The summed E-state index contributed by atoms with van der Waals surface area (Å²) in [7, 11) is 0. The van der Waals surface area contributed by atoms with Gasteiger partial charge in [0.1, 0.15) is 5.75 Å². The molecule has 0 saturated carbocycles. The van der Waals surface area contributed by atoms with Crippen LogP contribution in [0.1, 0.15) is 36.7 Å². The second kappa shape index (κ2) is 9.15. The van der Waals surface area contributed by atoms with Gasteiger partial charge < -0.3 is 10.1 Å². The van der Waals surface area contributed by atoms with Gasteiger partial charge in [0.25, 0.3) is 5.91 Å². The van der Waals surface area contributed by atoms with Gasteiger partial charge in [0, 0.05) is 28.2 Å². The van der Waals surface area contributed by atoms with E-state index in [2.05, 4.69) is 31.8 Å². The molecule has 0 heterocycles. The van der Waals surface area contributed by atoms with E-state index >= 15 is 0 Å². The Balaban J connectivity index is 2.04. The molecule has 0 atom stereocenters. The molecule has 0 unspecified atom stereocenters. The molecule has 7 heteroatoms. The molecule has 0 radical (unpaired) electrons. The summed E-state index contributed by atoms with van der Waals surface area (Å²) in [5.41, 5.74) is 4.29. The van der Waals surface area contributed by atoms with E-state index in [0.717, 1.165) is 10.0 Å². The van der Waals surface area contributed by atoms with Gasteiger partial charge in [0.15, 0.2) is 0 Å². The number of rotatable bonds is 6. The third kappa shape index (κ3) is 6.00. The largest absolute Gasteiger partial charge is 0.490 e. The van der Waals surface area contributed by atoms with Gasteiger partial charge in [-0.2, -0.15) is 5.10 Å². The molecule has 0 fully saturated rings. The summed E-state index contributed by atoms with van der Waals surface area (Å²) in [6.07, 6.45) is 1.56. The van der Waals surface area contributed by atoms with Crippen molar-refractivity contribution in [2.75, 3.05) is 5.32 Å². The van der Waals surface area contributed by atoms with Crippen molar-refractivity contribution >= 4 is 39.6 Å². The molecule has 6 nitrogen and oxygen atoms in total. The minimum atomic E-state index is -0.350. The van der Waals surface area contributed by atoms with Gasteiger partial charge in [-0.15, -0.1) is 0 Å². The van der Waals surface area contributed by atoms with E-state index in [4.69, 9.17) is 4.74 Å². The predicted molar refractivity (Wildman–Crippen MR) is 106 cm³/mol. The summed E-state index contributed by atoms with van der Waals surface area (Å²) in [6.45, 7) is 5.30. The van der Waals surface area contributed by atoms with Crippen molar-refractivity contribution in [1.82, 2.24) is 5.43 Å². The number of halogens is 1. The summed E-state index contributed by atoms with van der Waals surface area (Å²) >= 11 is 3.41. The molecule has 0 bridgehead atoms. The fraction of sp³-hybridized carbons (Fsp3) is 0.211. The van der Waals surface area contributed by atoms with Crippen molar-refractivity contribution in [1.29, 1.82) is 0 Å². The van der Waals surface area contributed by atoms with Crippen LogP contribution < -0.4 is 15.5 Å². The molecule has 2 N–H and O–H groups in total. The van der Waals surface area contributed by atoms with Gasteiger partial charge in [-0.05, 0) is 56.3 Å². The summed E-state index contributed by atoms with van der Waals surface area (Å²) < 4.78 is 6.61. The van der Waals surface area contributed by atoms with Crippen LogP contribution in [0.15, 0.2) is 52.0 Å². The Kier molecular flexibility index (Phi) is 6.91. The first kappa shape index (κ1) is 19.7. The average Bonchev–Trinajstić information content (AvgIpc) is 2.57. The van der Waals surface area contributed by atoms with Gasteiger partial charge in [0.05, 0.1) is 12.3 Å². The molecule has 0 spiro atoms. The number of ether oxygens (including phenoxy) is 1. The highest BCUT2D eigenvalue weighted by atomic mass is 79.9. The van der Waals surface area contributed by atoms with Gasteiger partial charge in [0.2, 0.25) is 5.91 Å².